The maximum Gasteiger partial charge on any atom is 0.236 e. The number of fused-ring (bicyclic) bond motifs is 3. The zero-order chi connectivity index (χ0) is 24.9. The van der Waals surface area contributed by atoms with Crippen molar-refractivity contribution in [3.05, 3.63) is 126 Å². The number of aromatic nitrogens is 3. The van der Waals surface area contributed by atoms with Gasteiger partial charge in [0.1, 0.15) is 6.57 Å². The molecule has 37 heavy (non-hydrogen) atoms. The fraction of sp³-hybridized carbons (Fsp3) is 0.0968. The number of hydrogen-bond acceptors (Lipinski definition) is 3. The first kappa shape index (κ1) is 25.7. The van der Waals surface area contributed by atoms with Crippen LogP contribution in [0, 0.1) is 37.0 Å². The second-order valence-electron chi connectivity index (χ2n) is 8.35. The van der Waals surface area contributed by atoms with Crippen LogP contribution in [0.1, 0.15) is 16.7 Å². The fourth-order valence-corrected chi connectivity index (χ4v) is 4.39. The zero-order valence-electron chi connectivity index (χ0n) is 20.1. The molecule has 6 rings (SSSR count). The summed E-state index contributed by atoms with van der Waals surface area (Å²) in [4.78, 5) is 12.4. The molecule has 2 aromatic heterocycles. The average molecular weight is 656 g/mol. The minimum absolute atomic E-state index is 0. The molecule has 1 aliphatic heterocycles. The predicted octanol–water partition coefficient (Wildman–Crippen LogP) is 6.85. The SMILES string of the molecule is [C-]#[N+]c1cc(C#N)c[c-]c1-c1nccc(C)c1-c1ccccc1.[Ir].[c-]1cccc2c1-c1nccn1CC2. The molecule has 0 atom stereocenters. The fourth-order valence-electron chi connectivity index (χ4n) is 4.39. The molecule has 0 unspecified atom stereocenters. The number of pyridine rings is 1. The van der Waals surface area contributed by atoms with E-state index in [-0.39, 0.29) is 20.1 Å². The Kier molecular flexibility index (Phi) is 8.06. The monoisotopic (exact) mass is 656 g/mol. The summed E-state index contributed by atoms with van der Waals surface area (Å²) in [5, 5.41) is 9.01. The Morgan fingerprint density at radius 1 is 1.03 bits per heavy atom. The normalized spacial score (nSPS) is 10.9. The van der Waals surface area contributed by atoms with Crippen molar-refractivity contribution in [2.24, 2.45) is 0 Å². The van der Waals surface area contributed by atoms with Crippen LogP contribution in [0.3, 0.4) is 0 Å². The van der Waals surface area contributed by atoms with Crippen LogP contribution >= 0.6 is 0 Å². The summed E-state index contributed by atoms with van der Waals surface area (Å²) in [6.45, 7) is 10.5. The molecule has 1 radical (unpaired) electrons. The van der Waals surface area contributed by atoms with Crippen LogP contribution in [0.15, 0.2) is 85.3 Å². The van der Waals surface area contributed by atoms with Crippen molar-refractivity contribution < 1.29 is 20.1 Å². The molecule has 0 saturated carbocycles. The van der Waals surface area contributed by atoms with Crippen LogP contribution in [0.4, 0.5) is 5.69 Å². The van der Waals surface area contributed by atoms with Crippen molar-refractivity contribution in [2.75, 3.05) is 0 Å². The van der Waals surface area contributed by atoms with Crippen molar-refractivity contribution in [2.45, 2.75) is 19.9 Å². The van der Waals surface area contributed by atoms with E-state index in [1.54, 1.807) is 18.3 Å². The van der Waals surface area contributed by atoms with Crippen LogP contribution in [0.25, 0.3) is 38.6 Å². The number of rotatable bonds is 2. The molecule has 0 saturated heterocycles. The van der Waals surface area contributed by atoms with E-state index in [2.05, 4.69) is 37.6 Å². The van der Waals surface area contributed by atoms with E-state index in [1.807, 2.05) is 73.9 Å². The molecule has 0 fully saturated rings. The van der Waals surface area contributed by atoms with Gasteiger partial charge in [-0.3, -0.25) is 4.98 Å². The summed E-state index contributed by atoms with van der Waals surface area (Å²) in [5.41, 5.74) is 7.79. The van der Waals surface area contributed by atoms with E-state index >= 15 is 0 Å². The van der Waals surface area contributed by atoms with Gasteiger partial charge in [-0.25, -0.2) is 5.26 Å². The van der Waals surface area contributed by atoms with Gasteiger partial charge in [0.2, 0.25) is 5.69 Å². The smallest absolute Gasteiger partial charge is 0.236 e. The van der Waals surface area contributed by atoms with Gasteiger partial charge in [0, 0.05) is 57.0 Å². The van der Waals surface area contributed by atoms with Crippen LogP contribution in [-0.4, -0.2) is 14.5 Å². The average Bonchev–Trinajstić information content (AvgIpc) is 3.43. The molecule has 0 bridgehead atoms. The van der Waals surface area contributed by atoms with E-state index in [4.69, 9.17) is 11.8 Å². The zero-order valence-corrected chi connectivity index (χ0v) is 22.5. The maximum absolute atomic E-state index is 9.01. The molecule has 0 N–H and O–H groups in total. The summed E-state index contributed by atoms with van der Waals surface area (Å²) in [6, 6.07) is 29.6. The summed E-state index contributed by atoms with van der Waals surface area (Å²) in [6.07, 6.45) is 6.71. The Hall–Kier alpha value is -4.35. The number of nitrogens with zero attached hydrogens (tertiary/aromatic N) is 5. The molecule has 6 heteroatoms. The number of aryl methyl sites for hydroxylation is 3. The Morgan fingerprint density at radius 2 is 1.86 bits per heavy atom. The van der Waals surface area contributed by atoms with Gasteiger partial charge in [0.25, 0.3) is 0 Å². The summed E-state index contributed by atoms with van der Waals surface area (Å²) in [7, 11) is 0. The Bertz CT molecular complexity index is 1620. The number of benzene rings is 3. The Labute approximate surface area is 230 Å². The van der Waals surface area contributed by atoms with Gasteiger partial charge in [-0.05, 0) is 53.3 Å². The van der Waals surface area contributed by atoms with Gasteiger partial charge < -0.3 is 9.55 Å². The number of nitriles is 1. The third kappa shape index (κ3) is 5.27. The minimum atomic E-state index is 0. The molecule has 3 aromatic carbocycles. The molecule has 5 nitrogen and oxygen atoms in total. The first-order valence-corrected chi connectivity index (χ1v) is 11.6. The minimum Gasteiger partial charge on any atom is -0.371 e. The molecular weight excluding hydrogens is 635 g/mol. The standard InChI is InChI=1S/C20H12N3.C11H9N2.Ir/c1-14-10-11-23-20(19(14)16-6-4-3-5-7-16)17-9-8-15(13-21)12-18(17)22-2;1-2-4-10-9(3-1)5-7-13-8-6-12-11(10)13;/h3-8,10-12H,1H3;1-3,6,8H,5,7H2;/q2*-1;. The van der Waals surface area contributed by atoms with Gasteiger partial charge in [-0.1, -0.05) is 30.3 Å². The van der Waals surface area contributed by atoms with Crippen LogP contribution in [0.2, 0.25) is 0 Å². The molecule has 3 heterocycles. The third-order valence-corrected chi connectivity index (χ3v) is 6.13. The molecule has 5 aromatic rings. The molecular formula is C31H21IrN5-2. The number of hydrogen-bond donors (Lipinski definition) is 0. The van der Waals surface area contributed by atoms with Crippen molar-refractivity contribution in [1.82, 2.24) is 14.5 Å². The predicted molar refractivity (Wildman–Crippen MR) is 140 cm³/mol. The largest absolute Gasteiger partial charge is 0.371 e. The van der Waals surface area contributed by atoms with Crippen LogP contribution < -0.4 is 0 Å². The Morgan fingerprint density at radius 3 is 2.65 bits per heavy atom. The molecule has 1 aliphatic rings. The van der Waals surface area contributed by atoms with Gasteiger partial charge in [-0.2, -0.15) is 4.85 Å². The van der Waals surface area contributed by atoms with E-state index in [0.29, 0.717) is 22.5 Å². The van der Waals surface area contributed by atoms with Gasteiger partial charge in [0.15, 0.2) is 0 Å². The van der Waals surface area contributed by atoms with Gasteiger partial charge in [-0.15, -0.1) is 47.5 Å². The maximum atomic E-state index is 9.01. The first-order chi connectivity index (χ1) is 17.7. The van der Waals surface area contributed by atoms with E-state index in [0.717, 1.165) is 35.5 Å². The third-order valence-electron chi connectivity index (χ3n) is 6.13. The van der Waals surface area contributed by atoms with Crippen LogP contribution in [0.5, 0.6) is 0 Å². The first-order valence-electron chi connectivity index (χ1n) is 11.6. The van der Waals surface area contributed by atoms with Crippen LogP contribution in [-0.2, 0) is 33.1 Å². The van der Waals surface area contributed by atoms with E-state index in [1.165, 1.54) is 11.1 Å². The second-order valence-corrected chi connectivity index (χ2v) is 8.35. The summed E-state index contributed by atoms with van der Waals surface area (Å²) in [5.74, 6) is 1.06. The quantitative estimate of drug-likeness (QED) is 0.196. The second kappa shape index (κ2) is 11.6. The Balaban J connectivity index is 0.000000193. The van der Waals surface area contributed by atoms with Gasteiger partial charge in [0.05, 0.1) is 5.82 Å². The van der Waals surface area contributed by atoms with Gasteiger partial charge >= 0.3 is 0 Å². The van der Waals surface area contributed by atoms with E-state index in [9.17, 15) is 0 Å². The molecule has 0 amide bonds. The number of imidazole rings is 1. The molecule has 181 valence electrons. The summed E-state index contributed by atoms with van der Waals surface area (Å²) >= 11 is 0. The molecule has 0 spiro atoms. The van der Waals surface area contributed by atoms with Crippen molar-refractivity contribution in [3.63, 3.8) is 0 Å². The van der Waals surface area contributed by atoms with Crippen molar-refractivity contribution >= 4 is 5.69 Å². The summed E-state index contributed by atoms with van der Waals surface area (Å²) < 4.78 is 2.18. The van der Waals surface area contributed by atoms with Crippen molar-refractivity contribution in [1.29, 1.82) is 5.26 Å². The van der Waals surface area contributed by atoms with Crippen molar-refractivity contribution in [3.8, 4) is 39.8 Å². The molecule has 0 aliphatic carbocycles. The van der Waals surface area contributed by atoms with E-state index < -0.39 is 0 Å². The topological polar surface area (TPSA) is 58.9 Å².